The summed E-state index contributed by atoms with van der Waals surface area (Å²) in [7, 11) is -3.69. The highest BCUT2D eigenvalue weighted by Crippen LogP contribution is 2.23. The lowest BCUT2D eigenvalue weighted by atomic mass is 10.1. The second kappa shape index (κ2) is 5.60. The Morgan fingerprint density at radius 1 is 1.26 bits per heavy atom. The molecule has 19 heavy (non-hydrogen) atoms. The first-order valence-corrected chi connectivity index (χ1v) is 8.03. The SMILES string of the molecule is Cc1noc(C)c1S(=O)(=O)NC1CCCCCC1O. The number of nitrogens with one attached hydrogen (secondary N) is 1. The van der Waals surface area contributed by atoms with Gasteiger partial charge in [0.05, 0.1) is 6.10 Å². The Labute approximate surface area is 113 Å². The van der Waals surface area contributed by atoms with Crippen molar-refractivity contribution in [3.05, 3.63) is 11.5 Å². The van der Waals surface area contributed by atoms with E-state index in [9.17, 15) is 13.5 Å². The molecule has 2 N–H and O–H groups in total. The van der Waals surface area contributed by atoms with Gasteiger partial charge < -0.3 is 9.63 Å². The summed E-state index contributed by atoms with van der Waals surface area (Å²) in [6, 6.07) is -0.429. The molecule has 0 spiro atoms. The molecule has 1 aliphatic carbocycles. The van der Waals surface area contributed by atoms with Crippen LogP contribution in [-0.2, 0) is 10.0 Å². The second-order valence-electron chi connectivity index (χ2n) is 5.09. The molecule has 0 aromatic carbocycles. The van der Waals surface area contributed by atoms with Crippen molar-refractivity contribution in [2.45, 2.75) is 63.0 Å². The third-order valence-corrected chi connectivity index (χ3v) is 5.26. The van der Waals surface area contributed by atoms with Crippen molar-refractivity contribution < 1.29 is 18.0 Å². The zero-order valence-corrected chi connectivity index (χ0v) is 12.0. The maximum absolute atomic E-state index is 12.3. The van der Waals surface area contributed by atoms with E-state index in [2.05, 4.69) is 9.88 Å². The first kappa shape index (κ1) is 14.5. The van der Waals surface area contributed by atoms with Crippen molar-refractivity contribution in [3.8, 4) is 0 Å². The van der Waals surface area contributed by atoms with Gasteiger partial charge in [-0.2, -0.15) is 0 Å². The van der Waals surface area contributed by atoms with Gasteiger partial charge in [-0.05, 0) is 26.7 Å². The molecule has 2 atom stereocenters. The Balaban J connectivity index is 2.21. The quantitative estimate of drug-likeness (QED) is 0.817. The summed E-state index contributed by atoms with van der Waals surface area (Å²) < 4.78 is 32.2. The van der Waals surface area contributed by atoms with Crippen LogP contribution in [0.3, 0.4) is 0 Å². The fourth-order valence-electron chi connectivity index (χ4n) is 2.54. The van der Waals surface area contributed by atoms with Gasteiger partial charge in [-0.1, -0.05) is 24.4 Å². The molecule has 2 rings (SSSR count). The summed E-state index contributed by atoms with van der Waals surface area (Å²) in [6.07, 6.45) is 3.55. The molecular formula is C12H20N2O4S. The Morgan fingerprint density at radius 3 is 2.58 bits per heavy atom. The Kier molecular flexibility index (Phi) is 4.27. The molecule has 1 aromatic rings. The van der Waals surface area contributed by atoms with Crippen LogP contribution in [0.2, 0.25) is 0 Å². The van der Waals surface area contributed by atoms with Gasteiger partial charge in [0.15, 0.2) is 5.76 Å². The minimum absolute atomic E-state index is 0.0870. The maximum Gasteiger partial charge on any atom is 0.246 e. The fourth-order valence-corrected chi connectivity index (χ4v) is 4.18. The molecule has 108 valence electrons. The second-order valence-corrected chi connectivity index (χ2v) is 6.74. The Morgan fingerprint density at radius 2 is 1.95 bits per heavy atom. The molecular weight excluding hydrogens is 268 g/mol. The van der Waals surface area contributed by atoms with Crippen LogP contribution in [0.1, 0.15) is 43.6 Å². The van der Waals surface area contributed by atoms with E-state index in [1.165, 1.54) is 0 Å². The molecule has 1 saturated carbocycles. The van der Waals surface area contributed by atoms with Gasteiger partial charge >= 0.3 is 0 Å². The third kappa shape index (κ3) is 3.16. The zero-order chi connectivity index (χ0) is 14.0. The van der Waals surface area contributed by atoms with E-state index in [0.717, 1.165) is 19.3 Å². The molecule has 1 fully saturated rings. The predicted octanol–water partition coefficient (Wildman–Crippen LogP) is 1.26. The van der Waals surface area contributed by atoms with E-state index in [4.69, 9.17) is 4.52 Å². The third-order valence-electron chi connectivity index (χ3n) is 3.52. The van der Waals surface area contributed by atoms with Crippen molar-refractivity contribution in [2.24, 2.45) is 0 Å². The minimum Gasteiger partial charge on any atom is -0.391 e. The van der Waals surface area contributed by atoms with Crippen LogP contribution >= 0.6 is 0 Å². The lowest BCUT2D eigenvalue weighted by molar-refractivity contribution is 0.130. The lowest BCUT2D eigenvalue weighted by Crippen LogP contribution is -2.42. The number of nitrogens with zero attached hydrogens (tertiary/aromatic N) is 1. The molecule has 1 aliphatic rings. The van der Waals surface area contributed by atoms with E-state index in [-0.39, 0.29) is 10.7 Å². The number of aromatic nitrogens is 1. The largest absolute Gasteiger partial charge is 0.391 e. The molecule has 0 amide bonds. The zero-order valence-electron chi connectivity index (χ0n) is 11.2. The summed E-state index contributed by atoms with van der Waals surface area (Å²) in [4.78, 5) is 0.0870. The van der Waals surface area contributed by atoms with Crippen LogP contribution in [0.5, 0.6) is 0 Å². The van der Waals surface area contributed by atoms with E-state index in [0.29, 0.717) is 18.5 Å². The molecule has 0 radical (unpaired) electrons. The van der Waals surface area contributed by atoms with Crippen molar-refractivity contribution in [3.63, 3.8) is 0 Å². The summed E-state index contributed by atoms with van der Waals surface area (Å²) in [5, 5.41) is 13.6. The smallest absolute Gasteiger partial charge is 0.246 e. The van der Waals surface area contributed by atoms with Gasteiger partial charge in [0.25, 0.3) is 0 Å². The van der Waals surface area contributed by atoms with Crippen LogP contribution in [0.4, 0.5) is 0 Å². The Hall–Kier alpha value is -0.920. The fraction of sp³-hybridized carbons (Fsp3) is 0.750. The number of aliphatic hydroxyl groups excluding tert-OH is 1. The molecule has 0 bridgehead atoms. The van der Waals surface area contributed by atoms with Crippen molar-refractivity contribution in [1.82, 2.24) is 9.88 Å². The topological polar surface area (TPSA) is 92.4 Å². The standard InChI is InChI=1S/C12H20N2O4S/c1-8-12(9(2)18-13-8)19(16,17)14-10-6-4-3-5-7-11(10)15/h10-11,14-15H,3-7H2,1-2H3. The van der Waals surface area contributed by atoms with Crippen molar-refractivity contribution >= 4 is 10.0 Å². The van der Waals surface area contributed by atoms with Crippen molar-refractivity contribution in [1.29, 1.82) is 0 Å². The summed E-state index contributed by atoms with van der Waals surface area (Å²) in [6.45, 7) is 3.16. The number of aryl methyl sites for hydroxylation is 2. The number of hydrogen-bond donors (Lipinski definition) is 2. The van der Waals surface area contributed by atoms with Crippen LogP contribution in [0.25, 0.3) is 0 Å². The highest BCUT2D eigenvalue weighted by Gasteiger charge is 2.30. The van der Waals surface area contributed by atoms with Crippen LogP contribution in [-0.4, -0.2) is 30.8 Å². The van der Waals surface area contributed by atoms with Crippen LogP contribution in [0, 0.1) is 13.8 Å². The van der Waals surface area contributed by atoms with Gasteiger partial charge in [0.1, 0.15) is 10.6 Å². The monoisotopic (exact) mass is 288 g/mol. The number of rotatable bonds is 3. The van der Waals surface area contributed by atoms with E-state index < -0.39 is 22.2 Å². The Bertz CT molecular complexity index is 518. The van der Waals surface area contributed by atoms with Crippen LogP contribution < -0.4 is 4.72 Å². The molecule has 0 saturated heterocycles. The molecule has 2 unspecified atom stereocenters. The van der Waals surface area contributed by atoms with Gasteiger partial charge in [-0.3, -0.25) is 0 Å². The van der Waals surface area contributed by atoms with Gasteiger partial charge in [-0.25, -0.2) is 13.1 Å². The molecule has 1 aromatic heterocycles. The average Bonchev–Trinajstić information content (AvgIpc) is 2.54. The van der Waals surface area contributed by atoms with E-state index in [1.807, 2.05) is 0 Å². The maximum atomic E-state index is 12.3. The van der Waals surface area contributed by atoms with Gasteiger partial charge in [0, 0.05) is 6.04 Å². The number of sulfonamides is 1. The molecule has 7 heteroatoms. The first-order valence-electron chi connectivity index (χ1n) is 6.55. The summed E-state index contributed by atoms with van der Waals surface area (Å²) >= 11 is 0. The normalized spacial score (nSPS) is 25.2. The number of aliphatic hydroxyl groups is 1. The predicted molar refractivity (Wildman–Crippen MR) is 69.2 cm³/mol. The summed E-state index contributed by atoms with van der Waals surface area (Å²) in [5.74, 6) is 0.271. The van der Waals surface area contributed by atoms with Crippen LogP contribution in [0.15, 0.2) is 9.42 Å². The van der Waals surface area contributed by atoms with E-state index in [1.54, 1.807) is 13.8 Å². The highest BCUT2D eigenvalue weighted by molar-refractivity contribution is 7.89. The summed E-state index contributed by atoms with van der Waals surface area (Å²) in [5.41, 5.74) is 0.341. The molecule has 0 aliphatic heterocycles. The molecule has 6 nitrogen and oxygen atoms in total. The van der Waals surface area contributed by atoms with Gasteiger partial charge in [-0.15, -0.1) is 0 Å². The lowest BCUT2D eigenvalue weighted by Gasteiger charge is -2.21. The number of hydrogen-bond acceptors (Lipinski definition) is 5. The first-order chi connectivity index (χ1) is 8.92. The highest BCUT2D eigenvalue weighted by atomic mass is 32.2. The average molecular weight is 288 g/mol. The van der Waals surface area contributed by atoms with Crippen molar-refractivity contribution in [2.75, 3.05) is 0 Å². The van der Waals surface area contributed by atoms with Gasteiger partial charge in [0.2, 0.25) is 10.0 Å². The van der Waals surface area contributed by atoms with E-state index >= 15 is 0 Å². The minimum atomic E-state index is -3.69. The molecule has 1 heterocycles.